The summed E-state index contributed by atoms with van der Waals surface area (Å²) in [5, 5.41) is 0. The third-order valence-electron chi connectivity index (χ3n) is 4.57. The van der Waals surface area contributed by atoms with Crippen molar-refractivity contribution in [1.82, 2.24) is 0 Å². The largest absolute Gasteiger partial charge is 0.466 e. The van der Waals surface area contributed by atoms with E-state index in [4.69, 9.17) is 4.74 Å². The van der Waals surface area contributed by atoms with E-state index in [1.54, 1.807) is 13.0 Å². The molecule has 23 heavy (non-hydrogen) atoms. The van der Waals surface area contributed by atoms with Crippen LogP contribution in [0, 0.1) is 0 Å². The summed E-state index contributed by atoms with van der Waals surface area (Å²) in [6.07, 6.45) is 4.60. The lowest BCUT2D eigenvalue weighted by Crippen LogP contribution is -2.82. The Morgan fingerprint density at radius 3 is 2.78 bits per heavy atom. The van der Waals surface area contributed by atoms with Crippen LogP contribution in [0.25, 0.3) is 0 Å². The number of hydrogen-bond acceptors (Lipinski definition) is 3. The van der Waals surface area contributed by atoms with E-state index in [0.717, 1.165) is 23.3 Å². The summed E-state index contributed by atoms with van der Waals surface area (Å²) in [5.41, 5.74) is 2.03. The molecule has 1 aromatic carbocycles. The molecule has 4 heteroatoms. The average Bonchev–Trinajstić information content (AvgIpc) is 2.75. The number of ketones is 1. The molecule has 0 saturated heterocycles. The highest BCUT2D eigenvalue weighted by Crippen LogP contribution is 2.41. The van der Waals surface area contributed by atoms with Crippen molar-refractivity contribution in [3.63, 3.8) is 0 Å². The van der Waals surface area contributed by atoms with E-state index in [-0.39, 0.29) is 23.7 Å². The van der Waals surface area contributed by atoms with E-state index < -0.39 is 5.41 Å². The Labute approximate surface area is 136 Å². The zero-order chi connectivity index (χ0) is 16.7. The van der Waals surface area contributed by atoms with Gasteiger partial charge in [-0.3, -0.25) is 9.59 Å². The molecule has 0 radical (unpaired) electrons. The van der Waals surface area contributed by atoms with Crippen molar-refractivity contribution in [2.45, 2.75) is 44.6 Å². The van der Waals surface area contributed by atoms with Crippen LogP contribution in [-0.4, -0.2) is 29.6 Å². The Kier molecular flexibility index (Phi) is 3.71. The molecule has 0 aromatic heterocycles. The number of rotatable bonds is 3. The summed E-state index contributed by atoms with van der Waals surface area (Å²) in [5.74, 6) is -0.221. The number of nitrogens with one attached hydrogen (secondary N) is 1. The fraction of sp³-hybridized carbons (Fsp3) is 0.421. The summed E-state index contributed by atoms with van der Waals surface area (Å²) >= 11 is 0. The summed E-state index contributed by atoms with van der Waals surface area (Å²) in [4.78, 5) is 27.7. The molecule has 1 aliphatic heterocycles. The number of benzene rings is 1. The quantitative estimate of drug-likeness (QED) is 0.857. The topological polar surface area (TPSA) is 57.3 Å². The minimum Gasteiger partial charge on any atom is -0.466 e. The molecule has 0 fully saturated rings. The van der Waals surface area contributed by atoms with Crippen molar-refractivity contribution in [3.8, 4) is 0 Å². The highest BCUT2D eigenvalue weighted by Gasteiger charge is 2.54. The number of carbonyl (C=O) groups is 2. The number of carbonyl (C=O) groups excluding carboxylic acids is 2. The molecular weight excluding hydrogens is 290 g/mol. The van der Waals surface area contributed by atoms with Gasteiger partial charge in [0.25, 0.3) is 0 Å². The maximum Gasteiger partial charge on any atom is 0.316 e. The number of esters is 1. The van der Waals surface area contributed by atoms with Gasteiger partial charge in [0, 0.05) is 12.0 Å². The van der Waals surface area contributed by atoms with Crippen LogP contribution in [0.2, 0.25) is 0 Å². The normalized spacial score (nSPS) is 24.5. The predicted octanol–water partition coefficient (Wildman–Crippen LogP) is 1.33. The van der Waals surface area contributed by atoms with Crippen LogP contribution < -0.4 is 4.99 Å². The molecule has 2 aliphatic rings. The highest BCUT2D eigenvalue weighted by molar-refractivity contribution is 6.13. The fourth-order valence-corrected chi connectivity index (χ4v) is 3.83. The van der Waals surface area contributed by atoms with Crippen LogP contribution in [0.15, 0.2) is 36.4 Å². The second-order valence-electron chi connectivity index (χ2n) is 6.86. The van der Waals surface area contributed by atoms with Crippen LogP contribution in [0.3, 0.4) is 0 Å². The molecule has 3 rings (SSSR count). The lowest BCUT2D eigenvalue weighted by molar-refractivity contribution is -0.534. The maximum atomic E-state index is 12.2. The Morgan fingerprint density at radius 1 is 1.30 bits per heavy atom. The van der Waals surface area contributed by atoms with Crippen LogP contribution in [0.1, 0.15) is 49.5 Å². The first-order valence-electron chi connectivity index (χ1n) is 8.01. The Hall–Kier alpha value is -2.23. The second-order valence-corrected chi connectivity index (χ2v) is 6.86. The number of fused-ring (bicyclic) bond motifs is 2. The monoisotopic (exact) mass is 312 g/mol. The smallest absolute Gasteiger partial charge is 0.316 e. The second kappa shape index (κ2) is 5.44. The molecule has 0 saturated carbocycles. The van der Waals surface area contributed by atoms with E-state index in [1.165, 1.54) is 0 Å². The first-order chi connectivity index (χ1) is 10.9. The van der Waals surface area contributed by atoms with Gasteiger partial charge in [0.1, 0.15) is 11.8 Å². The van der Waals surface area contributed by atoms with Gasteiger partial charge in [0.15, 0.2) is 17.0 Å². The zero-order valence-electron chi connectivity index (χ0n) is 13.8. The molecule has 0 unspecified atom stereocenters. The lowest BCUT2D eigenvalue weighted by atomic mass is 9.67. The highest BCUT2D eigenvalue weighted by atomic mass is 16.5. The first kappa shape index (κ1) is 15.7. The summed E-state index contributed by atoms with van der Waals surface area (Å²) in [6, 6.07) is 7.67. The van der Waals surface area contributed by atoms with E-state index in [1.807, 2.05) is 30.3 Å². The molecule has 4 nitrogen and oxygen atoms in total. The van der Waals surface area contributed by atoms with E-state index in [2.05, 4.69) is 18.8 Å². The van der Waals surface area contributed by atoms with E-state index in [9.17, 15) is 9.59 Å². The van der Waals surface area contributed by atoms with Gasteiger partial charge in [-0.05, 0) is 32.4 Å². The molecule has 1 aliphatic carbocycles. The van der Waals surface area contributed by atoms with Crippen LogP contribution in [-0.2, 0) is 14.9 Å². The molecule has 1 atom stereocenters. The predicted molar refractivity (Wildman–Crippen MR) is 87.5 cm³/mol. The van der Waals surface area contributed by atoms with Gasteiger partial charge in [0.05, 0.1) is 6.61 Å². The molecule has 0 amide bonds. The zero-order valence-corrected chi connectivity index (χ0v) is 13.8. The van der Waals surface area contributed by atoms with Gasteiger partial charge in [0.2, 0.25) is 0 Å². The first-order valence-corrected chi connectivity index (χ1v) is 8.01. The maximum absolute atomic E-state index is 12.2. The Balaban J connectivity index is 2.09. The average molecular weight is 312 g/mol. The van der Waals surface area contributed by atoms with Gasteiger partial charge in [-0.25, -0.2) is 4.99 Å². The fourth-order valence-electron chi connectivity index (χ4n) is 3.83. The Morgan fingerprint density at radius 2 is 2.04 bits per heavy atom. The summed E-state index contributed by atoms with van der Waals surface area (Å²) < 4.78 is 5.12. The lowest BCUT2D eigenvalue weighted by Gasteiger charge is -2.30. The molecule has 120 valence electrons. The Bertz CT molecular complexity index is 730. The summed E-state index contributed by atoms with van der Waals surface area (Å²) in [6.45, 7) is 6.39. The number of hydrogen-bond donors (Lipinski definition) is 1. The SMILES string of the molecule is CCOC(=O)CC1=[NH+]C(C)(C)C[C@@]12C=CC(=O)c1ccccc12. The van der Waals surface area contributed by atoms with Gasteiger partial charge in [-0.2, -0.15) is 0 Å². The molecule has 1 heterocycles. The van der Waals surface area contributed by atoms with Crippen LogP contribution >= 0.6 is 0 Å². The minimum atomic E-state index is -0.430. The van der Waals surface area contributed by atoms with Gasteiger partial charge in [-0.15, -0.1) is 0 Å². The van der Waals surface area contributed by atoms with E-state index in [0.29, 0.717) is 6.61 Å². The van der Waals surface area contributed by atoms with Crippen molar-refractivity contribution < 1.29 is 19.3 Å². The van der Waals surface area contributed by atoms with Crippen molar-refractivity contribution in [2.75, 3.05) is 6.61 Å². The van der Waals surface area contributed by atoms with Gasteiger partial charge >= 0.3 is 5.97 Å². The van der Waals surface area contributed by atoms with E-state index >= 15 is 0 Å². The minimum absolute atomic E-state index is 0.0198. The van der Waals surface area contributed by atoms with Crippen molar-refractivity contribution in [3.05, 3.63) is 47.5 Å². The van der Waals surface area contributed by atoms with Crippen LogP contribution in [0.5, 0.6) is 0 Å². The standard InChI is InChI=1S/C19H21NO3/c1-4-23-17(22)11-16-19(12-18(2,3)20-16)10-9-15(21)13-7-5-6-8-14(13)19/h5-10H,4,11-12H2,1-3H3/p+1/t19-/m1/s1. The molecule has 1 aromatic rings. The summed E-state index contributed by atoms with van der Waals surface area (Å²) in [7, 11) is 0. The van der Waals surface area contributed by atoms with Gasteiger partial charge < -0.3 is 4.74 Å². The van der Waals surface area contributed by atoms with Crippen molar-refractivity contribution >= 4 is 17.5 Å². The molecule has 0 bridgehead atoms. The van der Waals surface area contributed by atoms with Crippen LogP contribution in [0.4, 0.5) is 0 Å². The third kappa shape index (κ3) is 2.62. The number of ether oxygens (including phenoxy) is 1. The van der Waals surface area contributed by atoms with Crippen molar-refractivity contribution in [2.24, 2.45) is 0 Å². The number of allylic oxidation sites excluding steroid dienone is 2. The molecule has 1 spiro atoms. The van der Waals surface area contributed by atoms with Crippen molar-refractivity contribution in [1.29, 1.82) is 0 Å². The molecule has 1 N–H and O–H groups in total. The third-order valence-corrected chi connectivity index (χ3v) is 4.57. The van der Waals surface area contributed by atoms with Gasteiger partial charge in [-0.1, -0.05) is 30.3 Å². The molecular formula is C19H22NO3+.